The summed E-state index contributed by atoms with van der Waals surface area (Å²) < 4.78 is 7.62. The first-order valence-corrected chi connectivity index (χ1v) is 7.74. The van der Waals surface area contributed by atoms with Crippen molar-refractivity contribution in [3.8, 4) is 22.9 Å². The number of phenolic OH excluding ortho intramolecular Hbond substituents is 1. The SMILES string of the molecule is CCc1ccc2oc(-c3cc(-n4cnnc4)cc(C)c3O)nc2c1. The molecule has 0 fully saturated rings. The van der Waals surface area contributed by atoms with E-state index in [0.717, 1.165) is 23.2 Å². The molecule has 0 aliphatic carbocycles. The Morgan fingerprint density at radius 3 is 2.67 bits per heavy atom. The van der Waals surface area contributed by atoms with Crippen LogP contribution in [0, 0.1) is 6.92 Å². The van der Waals surface area contributed by atoms with Gasteiger partial charge in [0, 0.05) is 5.69 Å². The Hall–Kier alpha value is -3.15. The van der Waals surface area contributed by atoms with Crippen LogP contribution in [-0.4, -0.2) is 24.9 Å². The summed E-state index contributed by atoms with van der Waals surface area (Å²) in [7, 11) is 0. The Kier molecular flexibility index (Phi) is 3.30. The molecule has 1 N–H and O–H groups in total. The first kappa shape index (κ1) is 14.4. The molecule has 2 heterocycles. The van der Waals surface area contributed by atoms with E-state index in [0.29, 0.717) is 17.0 Å². The number of rotatable bonds is 3. The van der Waals surface area contributed by atoms with Gasteiger partial charge in [0.05, 0.1) is 5.56 Å². The zero-order valence-electron chi connectivity index (χ0n) is 13.4. The number of fused-ring (bicyclic) bond motifs is 1. The van der Waals surface area contributed by atoms with Crippen molar-refractivity contribution in [1.82, 2.24) is 19.7 Å². The van der Waals surface area contributed by atoms with Gasteiger partial charge in [-0.05, 0) is 48.7 Å². The van der Waals surface area contributed by atoms with Gasteiger partial charge in [0.25, 0.3) is 0 Å². The monoisotopic (exact) mass is 320 g/mol. The van der Waals surface area contributed by atoms with Crippen molar-refractivity contribution in [1.29, 1.82) is 0 Å². The lowest BCUT2D eigenvalue weighted by molar-refractivity contribution is 0.470. The molecule has 4 aromatic rings. The Morgan fingerprint density at radius 2 is 1.92 bits per heavy atom. The predicted molar refractivity (Wildman–Crippen MR) is 90.1 cm³/mol. The summed E-state index contributed by atoms with van der Waals surface area (Å²) in [4.78, 5) is 4.55. The third-order valence-electron chi connectivity index (χ3n) is 4.09. The van der Waals surface area contributed by atoms with Gasteiger partial charge in [0.1, 0.15) is 23.9 Å². The summed E-state index contributed by atoms with van der Waals surface area (Å²) in [6.07, 6.45) is 4.15. The molecule has 24 heavy (non-hydrogen) atoms. The first-order valence-electron chi connectivity index (χ1n) is 7.74. The van der Waals surface area contributed by atoms with Crippen LogP contribution in [0.25, 0.3) is 28.2 Å². The van der Waals surface area contributed by atoms with Gasteiger partial charge >= 0.3 is 0 Å². The Balaban J connectivity index is 1.89. The zero-order valence-corrected chi connectivity index (χ0v) is 13.4. The smallest absolute Gasteiger partial charge is 0.231 e. The van der Waals surface area contributed by atoms with Gasteiger partial charge in [-0.25, -0.2) is 4.98 Å². The highest BCUT2D eigenvalue weighted by molar-refractivity contribution is 5.79. The first-order chi connectivity index (χ1) is 11.7. The summed E-state index contributed by atoms with van der Waals surface area (Å²) in [5, 5.41) is 18.1. The lowest BCUT2D eigenvalue weighted by atomic mass is 10.1. The Morgan fingerprint density at radius 1 is 1.12 bits per heavy atom. The predicted octanol–water partition coefficient (Wildman–Crippen LogP) is 3.65. The van der Waals surface area contributed by atoms with E-state index in [2.05, 4.69) is 22.1 Å². The van der Waals surface area contributed by atoms with Gasteiger partial charge < -0.3 is 9.52 Å². The number of nitrogens with zero attached hydrogens (tertiary/aromatic N) is 4. The topological polar surface area (TPSA) is 77.0 Å². The second-order valence-corrected chi connectivity index (χ2v) is 5.70. The van der Waals surface area contributed by atoms with E-state index >= 15 is 0 Å². The van der Waals surface area contributed by atoms with Crippen LogP contribution in [0.15, 0.2) is 47.4 Å². The highest BCUT2D eigenvalue weighted by Crippen LogP contribution is 2.35. The third-order valence-corrected chi connectivity index (χ3v) is 4.09. The fourth-order valence-corrected chi connectivity index (χ4v) is 2.71. The van der Waals surface area contributed by atoms with E-state index in [1.165, 1.54) is 5.56 Å². The molecular formula is C18H16N4O2. The molecule has 0 spiro atoms. The van der Waals surface area contributed by atoms with Gasteiger partial charge in [-0.2, -0.15) is 0 Å². The summed E-state index contributed by atoms with van der Waals surface area (Å²) in [5.74, 6) is 0.558. The number of benzene rings is 2. The fourth-order valence-electron chi connectivity index (χ4n) is 2.71. The molecule has 2 aromatic carbocycles. The van der Waals surface area contributed by atoms with Gasteiger partial charge in [-0.3, -0.25) is 4.57 Å². The average Bonchev–Trinajstić information content (AvgIpc) is 3.25. The van der Waals surface area contributed by atoms with E-state index in [9.17, 15) is 5.11 Å². The molecule has 6 nitrogen and oxygen atoms in total. The van der Waals surface area contributed by atoms with Crippen LogP contribution < -0.4 is 0 Å². The largest absolute Gasteiger partial charge is 0.507 e. The maximum Gasteiger partial charge on any atom is 0.231 e. The Bertz CT molecular complexity index is 1020. The van der Waals surface area contributed by atoms with Gasteiger partial charge in [0.15, 0.2) is 5.58 Å². The second-order valence-electron chi connectivity index (χ2n) is 5.70. The average molecular weight is 320 g/mol. The minimum Gasteiger partial charge on any atom is -0.507 e. The highest BCUT2D eigenvalue weighted by Gasteiger charge is 2.16. The van der Waals surface area contributed by atoms with Crippen molar-refractivity contribution in [2.45, 2.75) is 20.3 Å². The number of hydrogen-bond acceptors (Lipinski definition) is 5. The second kappa shape index (κ2) is 5.49. The lowest BCUT2D eigenvalue weighted by Gasteiger charge is -2.08. The van der Waals surface area contributed by atoms with Crippen LogP contribution in [-0.2, 0) is 6.42 Å². The number of phenols is 1. The number of aromatic hydroxyl groups is 1. The van der Waals surface area contributed by atoms with Crippen molar-refractivity contribution in [3.63, 3.8) is 0 Å². The van der Waals surface area contributed by atoms with Crippen molar-refractivity contribution in [2.75, 3.05) is 0 Å². The maximum absolute atomic E-state index is 10.5. The number of oxazole rings is 1. The fraction of sp³-hybridized carbons (Fsp3) is 0.167. The molecule has 2 aromatic heterocycles. The summed E-state index contributed by atoms with van der Waals surface area (Å²) >= 11 is 0. The van der Waals surface area contributed by atoms with Crippen LogP contribution in [0.5, 0.6) is 5.75 Å². The minimum absolute atomic E-state index is 0.161. The lowest BCUT2D eigenvalue weighted by Crippen LogP contribution is -1.93. The van der Waals surface area contributed by atoms with Crippen molar-refractivity contribution >= 4 is 11.1 Å². The summed E-state index contributed by atoms with van der Waals surface area (Å²) in [6, 6.07) is 9.63. The molecule has 0 saturated carbocycles. The van der Waals surface area contributed by atoms with E-state index < -0.39 is 0 Å². The van der Waals surface area contributed by atoms with Crippen molar-refractivity contribution < 1.29 is 9.52 Å². The van der Waals surface area contributed by atoms with Crippen LogP contribution in [0.2, 0.25) is 0 Å². The van der Waals surface area contributed by atoms with Crippen LogP contribution in [0.4, 0.5) is 0 Å². The molecule has 0 radical (unpaired) electrons. The van der Waals surface area contributed by atoms with Crippen molar-refractivity contribution in [2.24, 2.45) is 0 Å². The molecule has 0 bridgehead atoms. The zero-order chi connectivity index (χ0) is 16.7. The number of aryl methyl sites for hydroxylation is 2. The van der Waals surface area contributed by atoms with Gasteiger partial charge in [0.2, 0.25) is 5.89 Å². The molecular weight excluding hydrogens is 304 g/mol. The van der Waals surface area contributed by atoms with Crippen molar-refractivity contribution in [3.05, 3.63) is 54.1 Å². The normalized spacial score (nSPS) is 11.2. The standard InChI is InChI=1S/C18H16N4O2/c1-3-12-4-5-16-15(7-12)21-18(24-16)14-8-13(6-11(2)17(14)23)22-9-19-20-10-22/h4-10,23H,3H2,1-2H3. The molecule has 0 amide bonds. The van der Waals surface area contributed by atoms with E-state index in [-0.39, 0.29) is 5.75 Å². The van der Waals surface area contributed by atoms with Crippen LogP contribution >= 0.6 is 0 Å². The molecule has 120 valence electrons. The molecule has 0 atom stereocenters. The van der Waals surface area contributed by atoms with E-state index in [1.807, 2.05) is 37.3 Å². The van der Waals surface area contributed by atoms with E-state index in [4.69, 9.17) is 4.42 Å². The number of hydrogen-bond donors (Lipinski definition) is 1. The maximum atomic E-state index is 10.5. The molecule has 0 saturated heterocycles. The molecule has 4 rings (SSSR count). The third kappa shape index (κ3) is 2.32. The quantitative estimate of drug-likeness (QED) is 0.623. The van der Waals surface area contributed by atoms with Gasteiger partial charge in [-0.15, -0.1) is 10.2 Å². The number of aromatic nitrogens is 4. The summed E-state index contributed by atoms with van der Waals surface area (Å²) in [5.41, 5.74) is 4.80. The Labute approximate surface area is 138 Å². The minimum atomic E-state index is 0.161. The highest BCUT2D eigenvalue weighted by atomic mass is 16.3. The van der Waals surface area contributed by atoms with Crippen LogP contribution in [0.1, 0.15) is 18.1 Å². The van der Waals surface area contributed by atoms with Gasteiger partial charge in [-0.1, -0.05) is 13.0 Å². The van der Waals surface area contributed by atoms with Crippen LogP contribution in [0.3, 0.4) is 0 Å². The molecule has 0 aliphatic heterocycles. The van der Waals surface area contributed by atoms with E-state index in [1.54, 1.807) is 17.2 Å². The molecule has 6 heteroatoms. The summed E-state index contributed by atoms with van der Waals surface area (Å²) in [6.45, 7) is 3.94. The molecule has 0 aliphatic rings. The molecule has 0 unspecified atom stereocenters.